The summed E-state index contributed by atoms with van der Waals surface area (Å²) in [6.07, 6.45) is 0. The van der Waals surface area contributed by atoms with Gasteiger partial charge in [0.1, 0.15) is 11.6 Å². The molecule has 0 aliphatic carbocycles. The highest BCUT2D eigenvalue weighted by atomic mass is 32.2. The zero-order chi connectivity index (χ0) is 17.2. The minimum absolute atomic E-state index is 0.282. The van der Waals surface area contributed by atoms with Gasteiger partial charge in [-0.25, -0.2) is 4.39 Å². The molecule has 0 atom stereocenters. The SMILES string of the molecule is CCOc1ccc(C2=Nn3c(nnc3-c3ccc(F)cc3)SC2)cc1. The number of benzene rings is 2. The largest absolute Gasteiger partial charge is 0.494 e. The zero-order valence-electron chi connectivity index (χ0n) is 13.5. The van der Waals surface area contributed by atoms with Gasteiger partial charge in [-0.1, -0.05) is 11.8 Å². The molecule has 0 saturated heterocycles. The molecule has 0 amide bonds. The second-order valence-corrected chi connectivity index (χ2v) is 6.36. The van der Waals surface area contributed by atoms with Crippen molar-refractivity contribution in [1.29, 1.82) is 0 Å². The Kier molecular flexibility index (Phi) is 4.23. The molecule has 2 heterocycles. The number of aromatic nitrogens is 3. The van der Waals surface area contributed by atoms with Crippen molar-refractivity contribution in [1.82, 2.24) is 14.9 Å². The predicted molar refractivity (Wildman–Crippen MR) is 95.7 cm³/mol. The summed E-state index contributed by atoms with van der Waals surface area (Å²) >= 11 is 1.58. The lowest BCUT2D eigenvalue weighted by Crippen LogP contribution is -2.13. The second kappa shape index (κ2) is 6.68. The van der Waals surface area contributed by atoms with E-state index < -0.39 is 0 Å². The summed E-state index contributed by atoms with van der Waals surface area (Å²) in [6.45, 7) is 2.60. The Labute approximate surface area is 148 Å². The van der Waals surface area contributed by atoms with Gasteiger partial charge in [0.05, 0.1) is 12.3 Å². The first-order chi connectivity index (χ1) is 12.2. The maximum atomic E-state index is 13.2. The predicted octanol–water partition coefficient (Wildman–Crippen LogP) is 3.84. The number of rotatable bonds is 4. The fraction of sp³-hybridized carbons (Fsp3) is 0.167. The van der Waals surface area contributed by atoms with Crippen LogP contribution in [0.25, 0.3) is 11.4 Å². The minimum Gasteiger partial charge on any atom is -0.494 e. The molecule has 5 nitrogen and oxygen atoms in total. The van der Waals surface area contributed by atoms with Gasteiger partial charge in [-0.3, -0.25) is 0 Å². The van der Waals surface area contributed by atoms with Crippen LogP contribution in [0.3, 0.4) is 0 Å². The molecular weight excluding hydrogens is 339 g/mol. The first-order valence-corrected chi connectivity index (χ1v) is 8.88. The van der Waals surface area contributed by atoms with Crippen LogP contribution in [0.1, 0.15) is 12.5 Å². The molecular formula is C18H15FN4OS. The Bertz CT molecular complexity index is 919. The molecule has 7 heteroatoms. The van der Waals surface area contributed by atoms with Crippen molar-refractivity contribution in [3.63, 3.8) is 0 Å². The molecule has 0 radical (unpaired) electrons. The summed E-state index contributed by atoms with van der Waals surface area (Å²) in [7, 11) is 0. The monoisotopic (exact) mass is 354 g/mol. The van der Waals surface area contributed by atoms with Gasteiger partial charge in [0.25, 0.3) is 0 Å². The van der Waals surface area contributed by atoms with Gasteiger partial charge in [-0.05, 0) is 61.0 Å². The van der Waals surface area contributed by atoms with E-state index in [0.717, 1.165) is 33.5 Å². The van der Waals surface area contributed by atoms with Crippen molar-refractivity contribution in [2.45, 2.75) is 12.1 Å². The Hall–Kier alpha value is -2.67. The molecule has 25 heavy (non-hydrogen) atoms. The smallest absolute Gasteiger partial charge is 0.212 e. The Balaban J connectivity index is 1.69. The topological polar surface area (TPSA) is 52.3 Å². The van der Waals surface area contributed by atoms with Gasteiger partial charge in [0, 0.05) is 11.3 Å². The quantitative estimate of drug-likeness (QED) is 0.714. The van der Waals surface area contributed by atoms with Crippen LogP contribution in [0.4, 0.5) is 4.39 Å². The van der Waals surface area contributed by atoms with Gasteiger partial charge >= 0.3 is 0 Å². The maximum Gasteiger partial charge on any atom is 0.212 e. The Morgan fingerprint density at radius 2 is 1.76 bits per heavy atom. The fourth-order valence-electron chi connectivity index (χ4n) is 2.56. The van der Waals surface area contributed by atoms with E-state index >= 15 is 0 Å². The maximum absolute atomic E-state index is 13.2. The molecule has 0 unspecified atom stereocenters. The Morgan fingerprint density at radius 1 is 1.04 bits per heavy atom. The van der Waals surface area contributed by atoms with E-state index in [-0.39, 0.29) is 5.82 Å². The molecule has 1 aromatic heterocycles. The zero-order valence-corrected chi connectivity index (χ0v) is 14.3. The van der Waals surface area contributed by atoms with Gasteiger partial charge in [-0.15, -0.1) is 10.2 Å². The highest BCUT2D eigenvalue weighted by molar-refractivity contribution is 7.99. The lowest BCUT2D eigenvalue weighted by Gasteiger charge is -2.14. The number of ether oxygens (including phenoxy) is 1. The van der Waals surface area contributed by atoms with E-state index in [4.69, 9.17) is 9.84 Å². The first-order valence-electron chi connectivity index (χ1n) is 7.90. The third-order valence-corrected chi connectivity index (χ3v) is 4.70. The summed E-state index contributed by atoms with van der Waals surface area (Å²) in [4.78, 5) is 0. The molecule has 0 saturated carbocycles. The Morgan fingerprint density at radius 3 is 2.48 bits per heavy atom. The average Bonchev–Trinajstić information content (AvgIpc) is 3.06. The van der Waals surface area contributed by atoms with Gasteiger partial charge in [-0.2, -0.15) is 9.78 Å². The van der Waals surface area contributed by atoms with E-state index in [2.05, 4.69) is 10.2 Å². The van der Waals surface area contributed by atoms with E-state index in [1.165, 1.54) is 12.1 Å². The van der Waals surface area contributed by atoms with Crippen LogP contribution in [-0.4, -0.2) is 32.9 Å². The number of thioether (sulfide) groups is 1. The van der Waals surface area contributed by atoms with Crippen molar-refractivity contribution in [2.24, 2.45) is 5.10 Å². The molecule has 1 aliphatic rings. The number of nitrogens with zero attached hydrogens (tertiary/aromatic N) is 4. The third kappa shape index (κ3) is 3.15. The van der Waals surface area contributed by atoms with Gasteiger partial charge in [0.2, 0.25) is 5.16 Å². The molecule has 1 aliphatic heterocycles. The number of halogens is 1. The summed E-state index contributed by atoms with van der Waals surface area (Å²) < 4.78 is 20.3. The third-order valence-electron chi connectivity index (χ3n) is 3.77. The number of fused-ring (bicyclic) bond motifs is 1. The highest BCUT2D eigenvalue weighted by Crippen LogP contribution is 2.28. The second-order valence-electron chi connectivity index (χ2n) is 5.42. The van der Waals surface area contributed by atoms with Crippen molar-refractivity contribution < 1.29 is 9.13 Å². The first kappa shape index (κ1) is 15.8. The average molecular weight is 354 g/mol. The van der Waals surface area contributed by atoms with Crippen LogP contribution in [-0.2, 0) is 0 Å². The van der Waals surface area contributed by atoms with Crippen molar-refractivity contribution >= 4 is 17.5 Å². The van der Waals surface area contributed by atoms with Crippen LogP contribution < -0.4 is 4.74 Å². The lowest BCUT2D eigenvalue weighted by molar-refractivity contribution is 0.340. The number of hydrogen-bond acceptors (Lipinski definition) is 5. The normalized spacial score (nSPS) is 13.3. The molecule has 0 N–H and O–H groups in total. The fourth-order valence-corrected chi connectivity index (χ4v) is 3.40. The molecule has 0 fully saturated rings. The molecule has 0 spiro atoms. The van der Waals surface area contributed by atoms with Crippen LogP contribution >= 0.6 is 11.8 Å². The molecule has 3 aromatic rings. The van der Waals surface area contributed by atoms with E-state index in [1.54, 1.807) is 28.6 Å². The van der Waals surface area contributed by atoms with Gasteiger partial charge < -0.3 is 4.74 Å². The van der Waals surface area contributed by atoms with Crippen molar-refractivity contribution in [3.05, 3.63) is 59.9 Å². The summed E-state index contributed by atoms with van der Waals surface area (Å²) in [6, 6.07) is 14.0. The van der Waals surface area contributed by atoms with E-state index in [0.29, 0.717) is 12.4 Å². The lowest BCUT2D eigenvalue weighted by atomic mass is 10.1. The van der Waals surface area contributed by atoms with E-state index in [9.17, 15) is 4.39 Å². The van der Waals surface area contributed by atoms with E-state index in [1.807, 2.05) is 31.2 Å². The molecule has 0 bridgehead atoms. The summed E-state index contributed by atoms with van der Waals surface area (Å²) in [5.41, 5.74) is 2.74. The minimum atomic E-state index is -0.282. The van der Waals surface area contributed by atoms with Crippen molar-refractivity contribution in [2.75, 3.05) is 12.4 Å². The van der Waals surface area contributed by atoms with Crippen LogP contribution in [0.5, 0.6) is 5.75 Å². The summed E-state index contributed by atoms with van der Waals surface area (Å²) in [5, 5.41) is 13.8. The van der Waals surface area contributed by atoms with Crippen LogP contribution in [0.2, 0.25) is 0 Å². The van der Waals surface area contributed by atoms with Gasteiger partial charge in [0.15, 0.2) is 5.82 Å². The molecule has 2 aromatic carbocycles. The van der Waals surface area contributed by atoms with Crippen molar-refractivity contribution in [3.8, 4) is 17.1 Å². The van der Waals surface area contributed by atoms with Crippen LogP contribution in [0, 0.1) is 5.82 Å². The molecule has 126 valence electrons. The molecule has 4 rings (SSSR count). The highest BCUT2D eigenvalue weighted by Gasteiger charge is 2.20. The summed E-state index contributed by atoms with van der Waals surface area (Å²) in [5.74, 6) is 1.88. The standard InChI is InChI=1S/C18H15FN4OS/c1-2-24-15-9-5-12(6-10-15)16-11-25-18-21-20-17(23(18)22-16)13-3-7-14(19)8-4-13/h3-10H,2,11H2,1H3. The van der Waals surface area contributed by atoms with Crippen LogP contribution in [0.15, 0.2) is 58.8 Å². The number of hydrogen-bond donors (Lipinski definition) is 0.